The Morgan fingerprint density at radius 3 is 2.56 bits per heavy atom. The molecule has 96 valence electrons. The first-order valence-electron chi connectivity index (χ1n) is 5.09. The van der Waals surface area contributed by atoms with E-state index in [0.717, 1.165) is 10.2 Å². The zero-order valence-electron chi connectivity index (χ0n) is 9.58. The van der Waals surface area contributed by atoms with Gasteiger partial charge in [0.15, 0.2) is 0 Å². The Balaban J connectivity index is 2.22. The van der Waals surface area contributed by atoms with Crippen LogP contribution in [0.25, 0.3) is 0 Å². The van der Waals surface area contributed by atoms with Gasteiger partial charge in [0.2, 0.25) is 10.0 Å². The second-order valence-corrected chi connectivity index (χ2v) is 7.37. The quantitative estimate of drug-likeness (QED) is 0.855. The van der Waals surface area contributed by atoms with Gasteiger partial charge >= 0.3 is 0 Å². The van der Waals surface area contributed by atoms with Gasteiger partial charge in [0, 0.05) is 16.9 Å². The zero-order chi connectivity index (χ0) is 13.2. The average Bonchev–Trinajstić information content (AvgIpc) is 2.82. The molecule has 0 radical (unpaired) electrons. The SMILES string of the molecule is CN(Cc1cscn1)S(=O)(=O)c1ccc(Br)cc1. The Kier molecular flexibility index (Phi) is 4.16. The van der Waals surface area contributed by atoms with Crippen LogP contribution in [-0.2, 0) is 16.6 Å². The van der Waals surface area contributed by atoms with Crippen molar-refractivity contribution in [1.29, 1.82) is 0 Å². The molecule has 0 unspecified atom stereocenters. The fourth-order valence-electron chi connectivity index (χ4n) is 1.42. The first-order chi connectivity index (χ1) is 8.50. The lowest BCUT2D eigenvalue weighted by Gasteiger charge is -2.16. The molecule has 0 aliphatic carbocycles. The van der Waals surface area contributed by atoms with Gasteiger partial charge in [-0.25, -0.2) is 13.4 Å². The van der Waals surface area contributed by atoms with Crippen molar-refractivity contribution in [2.75, 3.05) is 7.05 Å². The molecule has 0 atom stereocenters. The van der Waals surface area contributed by atoms with Crippen molar-refractivity contribution in [1.82, 2.24) is 9.29 Å². The van der Waals surface area contributed by atoms with Crippen LogP contribution in [-0.4, -0.2) is 24.8 Å². The number of aromatic nitrogens is 1. The molecule has 0 amide bonds. The average molecular weight is 347 g/mol. The van der Waals surface area contributed by atoms with Crippen molar-refractivity contribution in [3.8, 4) is 0 Å². The molecule has 0 spiro atoms. The summed E-state index contributed by atoms with van der Waals surface area (Å²) in [5, 5.41) is 1.84. The Hall–Kier alpha value is -0.760. The van der Waals surface area contributed by atoms with Crippen molar-refractivity contribution >= 4 is 37.3 Å². The highest BCUT2D eigenvalue weighted by Gasteiger charge is 2.21. The van der Waals surface area contributed by atoms with Crippen LogP contribution in [0.4, 0.5) is 0 Å². The summed E-state index contributed by atoms with van der Waals surface area (Å²) < 4.78 is 26.7. The third kappa shape index (κ3) is 2.97. The zero-order valence-corrected chi connectivity index (χ0v) is 12.8. The van der Waals surface area contributed by atoms with E-state index in [0.29, 0.717) is 0 Å². The molecule has 7 heteroatoms. The summed E-state index contributed by atoms with van der Waals surface area (Å²) in [5.41, 5.74) is 2.44. The maximum atomic E-state index is 12.3. The van der Waals surface area contributed by atoms with Crippen LogP contribution < -0.4 is 0 Å². The molecular weight excluding hydrogens is 336 g/mol. The topological polar surface area (TPSA) is 50.3 Å². The van der Waals surface area contributed by atoms with E-state index in [1.807, 2.05) is 5.38 Å². The van der Waals surface area contributed by atoms with Gasteiger partial charge in [0.25, 0.3) is 0 Å². The molecule has 2 aromatic rings. The molecule has 0 fully saturated rings. The predicted octanol–water partition coefficient (Wildman–Crippen LogP) is 2.73. The monoisotopic (exact) mass is 346 g/mol. The summed E-state index contributed by atoms with van der Waals surface area (Å²) in [6.07, 6.45) is 0. The maximum absolute atomic E-state index is 12.3. The number of hydrogen-bond donors (Lipinski definition) is 0. The molecule has 0 aliphatic rings. The number of thiazole rings is 1. The van der Waals surface area contributed by atoms with Gasteiger partial charge in [0.05, 0.1) is 22.6 Å². The summed E-state index contributed by atoms with van der Waals surface area (Å²) in [4.78, 5) is 4.36. The van der Waals surface area contributed by atoms with Crippen molar-refractivity contribution in [2.24, 2.45) is 0 Å². The first-order valence-corrected chi connectivity index (χ1v) is 8.27. The molecule has 4 nitrogen and oxygen atoms in total. The highest BCUT2D eigenvalue weighted by atomic mass is 79.9. The molecule has 18 heavy (non-hydrogen) atoms. The van der Waals surface area contributed by atoms with Crippen LogP contribution in [0.2, 0.25) is 0 Å². The Labute approximate surface area is 118 Å². The fraction of sp³-hybridized carbons (Fsp3) is 0.182. The molecule has 0 aliphatic heterocycles. The number of rotatable bonds is 4. The smallest absolute Gasteiger partial charge is 0.243 e. The van der Waals surface area contributed by atoms with E-state index < -0.39 is 10.0 Å². The molecule has 1 aromatic heterocycles. The molecular formula is C11H11BrN2O2S2. The molecule has 2 rings (SSSR count). The van der Waals surface area contributed by atoms with Gasteiger partial charge in [-0.05, 0) is 24.3 Å². The Morgan fingerprint density at radius 1 is 1.33 bits per heavy atom. The number of sulfonamides is 1. The summed E-state index contributed by atoms with van der Waals surface area (Å²) >= 11 is 4.73. The van der Waals surface area contributed by atoms with E-state index in [9.17, 15) is 8.42 Å². The van der Waals surface area contributed by atoms with Gasteiger partial charge in [-0.3, -0.25) is 0 Å². The molecule has 0 bridgehead atoms. The Morgan fingerprint density at radius 2 is 2.00 bits per heavy atom. The summed E-state index contributed by atoms with van der Waals surface area (Å²) in [6.45, 7) is 0.280. The van der Waals surface area contributed by atoms with E-state index in [-0.39, 0.29) is 11.4 Å². The molecule has 0 saturated carbocycles. The first kappa shape index (κ1) is 13.7. The van der Waals surface area contributed by atoms with Crippen molar-refractivity contribution in [3.05, 3.63) is 45.3 Å². The number of nitrogens with zero attached hydrogens (tertiary/aromatic N) is 2. The lowest BCUT2D eigenvalue weighted by Crippen LogP contribution is -2.26. The molecule has 0 saturated heterocycles. The highest BCUT2D eigenvalue weighted by Crippen LogP contribution is 2.19. The van der Waals surface area contributed by atoms with Crippen LogP contribution in [0.15, 0.2) is 44.5 Å². The maximum Gasteiger partial charge on any atom is 0.243 e. The second kappa shape index (κ2) is 5.48. The van der Waals surface area contributed by atoms with Gasteiger partial charge in [0.1, 0.15) is 0 Å². The third-order valence-corrected chi connectivity index (χ3v) is 5.37. The normalized spacial score (nSPS) is 11.9. The van der Waals surface area contributed by atoms with Gasteiger partial charge < -0.3 is 0 Å². The van der Waals surface area contributed by atoms with Crippen LogP contribution in [0.5, 0.6) is 0 Å². The Bertz CT molecular complexity index is 609. The number of hydrogen-bond acceptors (Lipinski definition) is 4. The van der Waals surface area contributed by atoms with Crippen LogP contribution in [0, 0.1) is 0 Å². The lowest BCUT2D eigenvalue weighted by molar-refractivity contribution is 0.463. The van der Waals surface area contributed by atoms with E-state index in [2.05, 4.69) is 20.9 Å². The predicted molar refractivity (Wildman–Crippen MR) is 74.9 cm³/mol. The minimum atomic E-state index is -3.45. The van der Waals surface area contributed by atoms with Crippen LogP contribution in [0.1, 0.15) is 5.69 Å². The second-order valence-electron chi connectivity index (χ2n) is 3.69. The fourth-order valence-corrected chi connectivity index (χ4v) is 3.37. The van der Waals surface area contributed by atoms with Crippen molar-refractivity contribution in [2.45, 2.75) is 11.4 Å². The summed E-state index contributed by atoms with van der Waals surface area (Å²) in [5.74, 6) is 0. The van der Waals surface area contributed by atoms with Gasteiger partial charge in [-0.1, -0.05) is 15.9 Å². The largest absolute Gasteiger partial charge is 0.248 e. The van der Waals surface area contributed by atoms with Gasteiger partial charge in [-0.2, -0.15) is 4.31 Å². The van der Waals surface area contributed by atoms with E-state index in [1.165, 1.54) is 15.6 Å². The number of halogens is 1. The highest BCUT2D eigenvalue weighted by molar-refractivity contribution is 9.10. The summed E-state index contributed by atoms with van der Waals surface area (Å²) in [6, 6.07) is 6.58. The lowest BCUT2D eigenvalue weighted by atomic mass is 10.4. The third-order valence-electron chi connectivity index (χ3n) is 2.39. The summed E-state index contributed by atoms with van der Waals surface area (Å²) in [7, 11) is -1.90. The molecule has 1 heterocycles. The van der Waals surface area contributed by atoms with Crippen molar-refractivity contribution < 1.29 is 8.42 Å². The number of benzene rings is 1. The van der Waals surface area contributed by atoms with E-state index in [4.69, 9.17) is 0 Å². The molecule has 0 N–H and O–H groups in total. The molecule has 1 aromatic carbocycles. The standard InChI is InChI=1S/C11H11BrN2O2S2/c1-14(6-10-7-17-8-13-10)18(15,16)11-4-2-9(12)3-5-11/h2-5,7-8H,6H2,1H3. The van der Waals surface area contributed by atoms with Gasteiger partial charge in [-0.15, -0.1) is 11.3 Å². The van der Waals surface area contributed by atoms with Crippen LogP contribution >= 0.6 is 27.3 Å². The van der Waals surface area contributed by atoms with E-state index >= 15 is 0 Å². The van der Waals surface area contributed by atoms with Crippen molar-refractivity contribution in [3.63, 3.8) is 0 Å². The van der Waals surface area contributed by atoms with Crippen LogP contribution in [0.3, 0.4) is 0 Å². The minimum absolute atomic E-state index is 0.280. The minimum Gasteiger partial charge on any atom is -0.248 e. The van der Waals surface area contributed by atoms with E-state index in [1.54, 1.807) is 36.8 Å².